The first-order valence-electron chi connectivity index (χ1n) is 16.0. The lowest BCUT2D eigenvalue weighted by molar-refractivity contribution is 0.0716. The number of carbonyl (C=O) groups excluding carboxylic acids is 1. The van der Waals surface area contributed by atoms with Gasteiger partial charge in [-0.1, -0.05) is 13.8 Å². The number of ether oxygens (including phenoxy) is 1. The molecule has 9 heteroatoms. The van der Waals surface area contributed by atoms with Crippen LogP contribution in [-0.4, -0.2) is 101 Å². The summed E-state index contributed by atoms with van der Waals surface area (Å²) < 4.78 is 21.7. The predicted molar refractivity (Wildman–Crippen MR) is 171 cm³/mol. The fourth-order valence-electron chi connectivity index (χ4n) is 6.69. The van der Waals surface area contributed by atoms with E-state index in [2.05, 4.69) is 41.9 Å². The number of carbonyl (C=O) groups is 1. The van der Waals surface area contributed by atoms with Gasteiger partial charge in [-0.15, -0.1) is 0 Å². The van der Waals surface area contributed by atoms with Crippen molar-refractivity contribution in [1.82, 2.24) is 29.2 Å². The van der Waals surface area contributed by atoms with Crippen LogP contribution in [0.5, 0.6) is 0 Å². The molecule has 2 aromatic heterocycles. The van der Waals surface area contributed by atoms with E-state index in [0.29, 0.717) is 35.7 Å². The van der Waals surface area contributed by atoms with E-state index in [1.807, 2.05) is 25.3 Å². The molecule has 0 saturated carbocycles. The molecular weight excluding hydrogens is 543 g/mol. The maximum Gasteiger partial charge on any atom is 0.256 e. The van der Waals surface area contributed by atoms with E-state index in [9.17, 15) is 9.18 Å². The third kappa shape index (κ3) is 7.80. The van der Waals surface area contributed by atoms with E-state index in [1.54, 1.807) is 30.6 Å². The van der Waals surface area contributed by atoms with Crippen LogP contribution in [0.3, 0.4) is 0 Å². The zero-order valence-electron chi connectivity index (χ0n) is 27.2. The number of hydrogen-bond donors (Lipinski definition) is 0. The zero-order chi connectivity index (χ0) is 31.1. The first-order valence-corrected chi connectivity index (χ1v) is 16.0. The van der Waals surface area contributed by atoms with Gasteiger partial charge >= 0.3 is 0 Å². The zero-order valence-corrected chi connectivity index (χ0v) is 27.2. The van der Waals surface area contributed by atoms with Crippen LogP contribution in [0, 0.1) is 11.7 Å². The number of aromatic nitrogens is 3. The van der Waals surface area contributed by atoms with E-state index in [1.165, 1.54) is 30.5 Å². The lowest BCUT2D eigenvalue weighted by Gasteiger charge is -2.40. The van der Waals surface area contributed by atoms with Gasteiger partial charge in [-0.05, 0) is 109 Å². The molecule has 43 heavy (non-hydrogen) atoms. The number of fused-ring (bicyclic) bond motifs is 1. The summed E-state index contributed by atoms with van der Waals surface area (Å²) >= 11 is 0. The Kier molecular flexibility index (Phi) is 11.7. The van der Waals surface area contributed by atoms with Gasteiger partial charge in [0, 0.05) is 38.5 Å². The first-order chi connectivity index (χ1) is 20.7. The molecule has 0 bridgehead atoms. The maximum absolute atomic E-state index is 14.5. The number of likely N-dealkylation sites (tertiary alicyclic amines) is 1. The lowest BCUT2D eigenvalue weighted by atomic mass is 9.87. The summed E-state index contributed by atoms with van der Waals surface area (Å²) in [5.74, 6) is 0.349. The number of nitrogens with zero attached hydrogens (tertiary/aromatic N) is 6. The van der Waals surface area contributed by atoms with E-state index in [4.69, 9.17) is 9.72 Å². The van der Waals surface area contributed by atoms with Gasteiger partial charge in [0.15, 0.2) is 0 Å². The predicted octanol–water partition coefficient (Wildman–Crippen LogP) is 5.99. The minimum absolute atomic E-state index is 0.00494. The molecule has 1 atom stereocenters. The third-order valence-corrected chi connectivity index (χ3v) is 9.09. The molecule has 0 N–H and O–H groups in total. The molecule has 0 radical (unpaired) electrons. The minimum Gasteiger partial charge on any atom is -0.383 e. The average Bonchev–Trinajstić information content (AvgIpc) is 3.38. The van der Waals surface area contributed by atoms with Crippen molar-refractivity contribution in [1.29, 1.82) is 0 Å². The quantitative estimate of drug-likeness (QED) is 0.228. The monoisotopic (exact) mass is 594 g/mol. The number of halogens is 1. The highest BCUT2D eigenvalue weighted by molar-refractivity contribution is 5.99. The van der Waals surface area contributed by atoms with Crippen LogP contribution in [0.1, 0.15) is 82.1 Å². The summed E-state index contributed by atoms with van der Waals surface area (Å²) in [5.41, 5.74) is 3.93. The highest BCUT2D eigenvalue weighted by atomic mass is 19.1. The number of amides is 1. The van der Waals surface area contributed by atoms with Gasteiger partial charge in [0.2, 0.25) is 0 Å². The largest absolute Gasteiger partial charge is 0.383 e. The second-order valence-corrected chi connectivity index (χ2v) is 12.6. The minimum atomic E-state index is -0.423. The third-order valence-electron chi connectivity index (χ3n) is 9.09. The standard InChI is InChI=1S/C34H51FN6O2/c1-8-40(25(4)5)34(42)28-20-27(35)11-12-31(28)41-22-29(33-32(41)21-36-23-37-33)26-13-16-39(17-14-26)30(24(2)3)10-9-15-38(6)18-19-43-7/h11-12,20-26,30H,8-10,13-19H2,1-7H3. The molecule has 0 spiro atoms. The van der Waals surface area contributed by atoms with Crippen molar-refractivity contribution in [3.63, 3.8) is 0 Å². The van der Waals surface area contributed by atoms with E-state index in [0.717, 1.165) is 56.7 Å². The van der Waals surface area contributed by atoms with Crippen molar-refractivity contribution in [2.45, 2.75) is 78.3 Å². The smallest absolute Gasteiger partial charge is 0.256 e. The van der Waals surface area contributed by atoms with Crippen LogP contribution in [0.25, 0.3) is 16.7 Å². The molecular formula is C34H51FN6O2. The van der Waals surface area contributed by atoms with Crippen molar-refractivity contribution < 1.29 is 13.9 Å². The highest BCUT2D eigenvalue weighted by Crippen LogP contribution is 2.36. The molecule has 1 fully saturated rings. The van der Waals surface area contributed by atoms with Gasteiger partial charge in [-0.3, -0.25) is 4.79 Å². The van der Waals surface area contributed by atoms with Crippen molar-refractivity contribution in [3.05, 3.63) is 53.9 Å². The van der Waals surface area contributed by atoms with Crippen LogP contribution < -0.4 is 0 Å². The number of hydrogen-bond acceptors (Lipinski definition) is 6. The second kappa shape index (κ2) is 15.2. The molecule has 3 aromatic rings. The van der Waals surface area contributed by atoms with Crippen LogP contribution in [-0.2, 0) is 4.74 Å². The normalized spacial score (nSPS) is 15.7. The maximum atomic E-state index is 14.5. The number of piperidine rings is 1. The van der Waals surface area contributed by atoms with Crippen LogP contribution in [0.4, 0.5) is 4.39 Å². The fourth-order valence-corrected chi connectivity index (χ4v) is 6.69. The van der Waals surface area contributed by atoms with Crippen LogP contribution in [0.2, 0.25) is 0 Å². The van der Waals surface area contributed by atoms with Crippen molar-refractivity contribution in [2.75, 3.05) is 53.5 Å². The SMILES string of the molecule is CCN(C(=O)c1cc(F)ccc1-n1cc(C2CCN(C(CCCN(C)CCOC)C(C)C)CC2)c2ncncc21)C(C)C. The molecule has 1 amide bonds. The number of rotatable bonds is 14. The summed E-state index contributed by atoms with van der Waals surface area (Å²) in [5, 5.41) is 0. The van der Waals surface area contributed by atoms with Gasteiger partial charge in [0.1, 0.15) is 12.1 Å². The van der Waals surface area contributed by atoms with Crippen LogP contribution >= 0.6 is 0 Å². The van der Waals surface area contributed by atoms with Crippen LogP contribution in [0.15, 0.2) is 36.9 Å². The van der Waals surface area contributed by atoms with Crippen molar-refractivity contribution >= 4 is 16.9 Å². The fraction of sp³-hybridized carbons (Fsp3) is 0.618. The van der Waals surface area contributed by atoms with E-state index in [-0.39, 0.29) is 11.9 Å². The lowest BCUT2D eigenvalue weighted by Crippen LogP contribution is -2.44. The Balaban J connectivity index is 1.55. The van der Waals surface area contributed by atoms with Gasteiger partial charge in [0.05, 0.1) is 35.1 Å². The molecule has 0 aliphatic carbocycles. The van der Waals surface area contributed by atoms with E-state index < -0.39 is 5.82 Å². The Morgan fingerprint density at radius 2 is 1.91 bits per heavy atom. The average molecular weight is 595 g/mol. The van der Waals surface area contributed by atoms with E-state index >= 15 is 0 Å². The summed E-state index contributed by atoms with van der Waals surface area (Å²) in [7, 11) is 3.93. The molecule has 1 saturated heterocycles. The molecule has 8 nitrogen and oxygen atoms in total. The Morgan fingerprint density at radius 1 is 1.16 bits per heavy atom. The molecule has 4 rings (SSSR count). The van der Waals surface area contributed by atoms with Gasteiger partial charge in [0.25, 0.3) is 5.91 Å². The Morgan fingerprint density at radius 3 is 2.56 bits per heavy atom. The highest BCUT2D eigenvalue weighted by Gasteiger charge is 2.30. The number of benzene rings is 1. The van der Waals surface area contributed by atoms with Gasteiger partial charge < -0.3 is 24.0 Å². The second-order valence-electron chi connectivity index (χ2n) is 12.6. The summed E-state index contributed by atoms with van der Waals surface area (Å²) in [6, 6.07) is 5.06. The molecule has 1 aliphatic heterocycles. The molecule has 1 unspecified atom stereocenters. The Labute approximate surface area is 257 Å². The van der Waals surface area contributed by atoms with Gasteiger partial charge in [-0.2, -0.15) is 0 Å². The van der Waals surface area contributed by atoms with Crippen molar-refractivity contribution in [3.8, 4) is 5.69 Å². The molecule has 1 aliphatic rings. The Bertz CT molecular complexity index is 1330. The summed E-state index contributed by atoms with van der Waals surface area (Å²) in [6.07, 6.45) is 9.98. The molecule has 236 valence electrons. The summed E-state index contributed by atoms with van der Waals surface area (Å²) in [6.45, 7) is 16.1. The Hall–Kier alpha value is -2.88. The van der Waals surface area contributed by atoms with Crippen molar-refractivity contribution in [2.24, 2.45) is 5.92 Å². The molecule has 3 heterocycles. The van der Waals surface area contributed by atoms with Gasteiger partial charge in [-0.25, -0.2) is 14.4 Å². The first kappa shape index (κ1) is 33.0. The number of methoxy groups -OCH3 is 1. The molecule has 1 aromatic carbocycles. The topological polar surface area (TPSA) is 66.7 Å². The number of likely N-dealkylation sites (N-methyl/N-ethyl adjacent to an activating group) is 1. The summed E-state index contributed by atoms with van der Waals surface area (Å²) in [4.78, 5) is 29.5.